The Kier molecular flexibility index (Phi) is 4.99. The van der Waals surface area contributed by atoms with Gasteiger partial charge in [-0.1, -0.05) is 17.7 Å². The highest BCUT2D eigenvalue weighted by Gasteiger charge is 2.14. The number of hydrogen-bond donors (Lipinski definition) is 1. The molecule has 0 unspecified atom stereocenters. The number of para-hydroxylation sites is 1. The SMILES string of the molecule is CC(C)(C)OCCOC(=O)c1cccc(Cl)c1N. The van der Waals surface area contributed by atoms with E-state index in [-0.39, 0.29) is 23.5 Å². The summed E-state index contributed by atoms with van der Waals surface area (Å²) in [5, 5.41) is 0.343. The molecule has 0 saturated heterocycles. The Balaban J connectivity index is 2.49. The Morgan fingerprint density at radius 2 is 2.00 bits per heavy atom. The number of esters is 1. The van der Waals surface area contributed by atoms with Crippen molar-refractivity contribution >= 4 is 23.3 Å². The second kappa shape index (κ2) is 6.07. The normalized spacial score (nSPS) is 11.3. The van der Waals surface area contributed by atoms with Gasteiger partial charge in [0.1, 0.15) is 6.61 Å². The number of halogens is 1. The van der Waals surface area contributed by atoms with Crippen molar-refractivity contribution in [1.82, 2.24) is 0 Å². The fourth-order valence-electron chi connectivity index (χ4n) is 1.27. The zero-order valence-corrected chi connectivity index (χ0v) is 11.6. The molecular weight excluding hydrogens is 254 g/mol. The lowest BCUT2D eigenvalue weighted by Gasteiger charge is -2.19. The van der Waals surface area contributed by atoms with Crippen molar-refractivity contribution in [2.45, 2.75) is 26.4 Å². The van der Waals surface area contributed by atoms with E-state index in [1.165, 1.54) is 0 Å². The molecule has 18 heavy (non-hydrogen) atoms. The molecule has 0 bridgehead atoms. The lowest BCUT2D eigenvalue weighted by Crippen LogP contribution is -2.22. The average Bonchev–Trinajstić information content (AvgIpc) is 2.26. The molecule has 0 saturated carbocycles. The standard InChI is InChI=1S/C13H18ClNO3/c1-13(2,3)18-8-7-17-12(16)9-5-4-6-10(14)11(9)15/h4-6H,7-8,15H2,1-3H3. The summed E-state index contributed by atoms with van der Waals surface area (Å²) >= 11 is 5.82. The number of carbonyl (C=O) groups excluding carboxylic acids is 1. The summed E-state index contributed by atoms with van der Waals surface area (Å²) in [6.45, 7) is 6.33. The van der Waals surface area contributed by atoms with E-state index in [0.29, 0.717) is 11.6 Å². The van der Waals surface area contributed by atoms with Crippen molar-refractivity contribution in [2.24, 2.45) is 0 Å². The number of nitrogen functional groups attached to an aromatic ring is 1. The summed E-state index contributed by atoms with van der Waals surface area (Å²) in [5.74, 6) is -0.493. The molecule has 5 heteroatoms. The van der Waals surface area contributed by atoms with Gasteiger partial charge in [0.15, 0.2) is 0 Å². The van der Waals surface area contributed by atoms with Gasteiger partial charge >= 0.3 is 5.97 Å². The van der Waals surface area contributed by atoms with Crippen molar-refractivity contribution in [3.8, 4) is 0 Å². The maximum Gasteiger partial charge on any atom is 0.340 e. The van der Waals surface area contributed by atoms with Crippen LogP contribution in [0.3, 0.4) is 0 Å². The Labute approximate surface area is 112 Å². The summed E-state index contributed by atoms with van der Waals surface area (Å²) in [7, 11) is 0. The largest absolute Gasteiger partial charge is 0.460 e. The molecular formula is C13H18ClNO3. The quantitative estimate of drug-likeness (QED) is 0.520. The highest BCUT2D eigenvalue weighted by Crippen LogP contribution is 2.22. The van der Waals surface area contributed by atoms with E-state index in [1.807, 2.05) is 20.8 Å². The minimum Gasteiger partial charge on any atom is -0.460 e. The lowest BCUT2D eigenvalue weighted by molar-refractivity contribution is -0.0281. The van der Waals surface area contributed by atoms with E-state index in [1.54, 1.807) is 18.2 Å². The minimum atomic E-state index is -0.493. The smallest absolute Gasteiger partial charge is 0.340 e. The maximum absolute atomic E-state index is 11.7. The fourth-order valence-corrected chi connectivity index (χ4v) is 1.45. The summed E-state index contributed by atoms with van der Waals surface area (Å²) < 4.78 is 10.5. The van der Waals surface area contributed by atoms with Crippen molar-refractivity contribution in [2.75, 3.05) is 18.9 Å². The molecule has 100 valence electrons. The van der Waals surface area contributed by atoms with Crippen LogP contribution in [0.5, 0.6) is 0 Å². The molecule has 0 radical (unpaired) electrons. The van der Waals surface area contributed by atoms with E-state index >= 15 is 0 Å². The van der Waals surface area contributed by atoms with Gasteiger partial charge in [0.05, 0.1) is 28.5 Å². The average molecular weight is 272 g/mol. The van der Waals surface area contributed by atoms with Crippen LogP contribution in [-0.4, -0.2) is 24.8 Å². The van der Waals surface area contributed by atoms with Crippen LogP contribution in [0.25, 0.3) is 0 Å². The number of nitrogens with two attached hydrogens (primary N) is 1. The Bertz CT molecular complexity index is 427. The van der Waals surface area contributed by atoms with E-state index in [4.69, 9.17) is 26.8 Å². The number of carbonyl (C=O) groups is 1. The zero-order valence-electron chi connectivity index (χ0n) is 10.8. The second-order valence-corrected chi connectivity index (χ2v) is 5.21. The first kappa shape index (κ1) is 14.8. The molecule has 4 nitrogen and oxygen atoms in total. The third kappa shape index (κ3) is 4.55. The van der Waals surface area contributed by atoms with Gasteiger partial charge in [-0.25, -0.2) is 4.79 Å². The van der Waals surface area contributed by atoms with Gasteiger partial charge in [0.2, 0.25) is 0 Å². The van der Waals surface area contributed by atoms with Crippen molar-refractivity contribution < 1.29 is 14.3 Å². The van der Waals surface area contributed by atoms with E-state index in [9.17, 15) is 4.79 Å². The molecule has 0 fully saturated rings. The van der Waals surface area contributed by atoms with Gasteiger partial charge in [-0.15, -0.1) is 0 Å². The molecule has 0 aliphatic heterocycles. The molecule has 1 aromatic carbocycles. The molecule has 0 atom stereocenters. The summed E-state index contributed by atoms with van der Waals surface area (Å²) in [5.41, 5.74) is 5.96. The maximum atomic E-state index is 11.7. The first-order chi connectivity index (χ1) is 8.31. The predicted molar refractivity (Wildman–Crippen MR) is 71.9 cm³/mol. The van der Waals surface area contributed by atoms with Crippen LogP contribution in [0.4, 0.5) is 5.69 Å². The molecule has 2 N–H and O–H groups in total. The Morgan fingerprint density at radius 3 is 2.61 bits per heavy atom. The molecule has 1 rings (SSSR count). The number of anilines is 1. The van der Waals surface area contributed by atoms with Crippen LogP contribution < -0.4 is 5.73 Å². The van der Waals surface area contributed by atoms with Crippen molar-refractivity contribution in [3.05, 3.63) is 28.8 Å². The van der Waals surface area contributed by atoms with Gasteiger partial charge in [0.25, 0.3) is 0 Å². The highest BCUT2D eigenvalue weighted by molar-refractivity contribution is 6.33. The zero-order chi connectivity index (χ0) is 13.8. The van der Waals surface area contributed by atoms with Crippen LogP contribution >= 0.6 is 11.6 Å². The molecule has 0 amide bonds. The number of ether oxygens (including phenoxy) is 2. The van der Waals surface area contributed by atoms with Gasteiger partial charge in [-0.3, -0.25) is 0 Å². The van der Waals surface area contributed by atoms with Crippen molar-refractivity contribution in [3.63, 3.8) is 0 Å². The third-order valence-corrected chi connectivity index (χ3v) is 2.45. The third-order valence-electron chi connectivity index (χ3n) is 2.12. The predicted octanol–water partition coefficient (Wildman–Crippen LogP) is 2.89. The van der Waals surface area contributed by atoms with Crippen LogP contribution in [-0.2, 0) is 9.47 Å². The van der Waals surface area contributed by atoms with Gasteiger partial charge < -0.3 is 15.2 Å². The number of benzene rings is 1. The summed E-state index contributed by atoms with van der Waals surface area (Å²) in [4.78, 5) is 11.7. The monoisotopic (exact) mass is 271 g/mol. The summed E-state index contributed by atoms with van der Waals surface area (Å²) in [6.07, 6.45) is 0. The van der Waals surface area contributed by atoms with Gasteiger partial charge in [-0.2, -0.15) is 0 Å². The van der Waals surface area contributed by atoms with E-state index < -0.39 is 5.97 Å². The molecule has 0 aliphatic carbocycles. The molecule has 0 aliphatic rings. The molecule has 0 heterocycles. The Hall–Kier alpha value is -1.26. The van der Waals surface area contributed by atoms with Crippen LogP contribution in [0.2, 0.25) is 5.02 Å². The lowest BCUT2D eigenvalue weighted by atomic mass is 10.2. The topological polar surface area (TPSA) is 61.5 Å². The molecule has 0 aromatic heterocycles. The van der Waals surface area contributed by atoms with Crippen LogP contribution in [0.15, 0.2) is 18.2 Å². The molecule has 0 spiro atoms. The van der Waals surface area contributed by atoms with E-state index in [2.05, 4.69) is 0 Å². The fraction of sp³-hybridized carbons (Fsp3) is 0.462. The number of rotatable bonds is 4. The molecule has 1 aromatic rings. The first-order valence-electron chi connectivity index (χ1n) is 5.66. The van der Waals surface area contributed by atoms with E-state index in [0.717, 1.165) is 0 Å². The van der Waals surface area contributed by atoms with Crippen molar-refractivity contribution in [1.29, 1.82) is 0 Å². The summed E-state index contributed by atoms with van der Waals surface area (Å²) in [6, 6.07) is 4.85. The van der Waals surface area contributed by atoms with Gasteiger partial charge in [-0.05, 0) is 32.9 Å². The van der Waals surface area contributed by atoms with Crippen LogP contribution in [0, 0.1) is 0 Å². The van der Waals surface area contributed by atoms with Gasteiger partial charge in [0, 0.05) is 0 Å². The first-order valence-corrected chi connectivity index (χ1v) is 6.04. The highest BCUT2D eigenvalue weighted by atomic mass is 35.5. The van der Waals surface area contributed by atoms with Crippen LogP contribution in [0.1, 0.15) is 31.1 Å². The number of hydrogen-bond acceptors (Lipinski definition) is 4. The minimum absolute atomic E-state index is 0.183. The Morgan fingerprint density at radius 1 is 1.33 bits per heavy atom. The second-order valence-electron chi connectivity index (χ2n) is 4.80.